The molecule has 9 rings (SSSR count). The highest BCUT2D eigenvalue weighted by molar-refractivity contribution is 7.08. The lowest BCUT2D eigenvalue weighted by atomic mass is 10.0. The predicted octanol–water partition coefficient (Wildman–Crippen LogP) is 18.3. The molecule has 0 amide bonds. The molecule has 0 radical (unpaired) electrons. The molecular weight excluding hydrogens is 923 g/mol. The molecule has 5 aromatic heterocycles. The maximum Gasteiger partial charge on any atom is 0.275 e. The summed E-state index contributed by atoms with van der Waals surface area (Å²) in [7, 11) is 1.93. The average Bonchev–Trinajstić information content (AvgIpc) is 4.16. The first-order chi connectivity index (χ1) is 34.1. The fourth-order valence-corrected chi connectivity index (χ4v) is 8.54. The Bertz CT molecular complexity index is 3170. The number of furan rings is 1. The Morgan fingerprint density at radius 2 is 1.03 bits per heavy atom. The Morgan fingerprint density at radius 3 is 1.48 bits per heavy atom. The van der Waals surface area contributed by atoms with Crippen molar-refractivity contribution >= 4 is 50.1 Å². The average molecular weight is 1010 g/mol. The van der Waals surface area contributed by atoms with Crippen LogP contribution in [-0.2, 0) is 7.05 Å². The first kappa shape index (κ1) is 60.9. The number of hydrogen-bond donors (Lipinski definition) is 0. The van der Waals surface area contributed by atoms with Crippen molar-refractivity contribution < 1.29 is 13.6 Å². The van der Waals surface area contributed by atoms with Gasteiger partial charge in [-0.05, 0) is 113 Å². The van der Waals surface area contributed by atoms with Gasteiger partial charge in [0.2, 0.25) is 5.91 Å². The zero-order valence-electron chi connectivity index (χ0n) is 46.1. The van der Waals surface area contributed by atoms with Crippen molar-refractivity contribution in [2.24, 2.45) is 18.9 Å². The molecule has 0 atom stereocenters. The molecule has 392 valence electrons. The second-order valence-corrected chi connectivity index (χ2v) is 21.3. The van der Waals surface area contributed by atoms with Crippen molar-refractivity contribution in [3.05, 3.63) is 193 Å². The lowest BCUT2D eigenvalue weighted by molar-refractivity contribution is 0.0941. The van der Waals surface area contributed by atoms with Crippen molar-refractivity contribution in [1.29, 1.82) is 0 Å². The van der Waals surface area contributed by atoms with Crippen LogP contribution in [0.3, 0.4) is 0 Å². The third kappa shape index (κ3) is 16.3. The van der Waals surface area contributed by atoms with E-state index in [-0.39, 0.29) is 36.2 Å². The van der Waals surface area contributed by atoms with Crippen LogP contribution in [0.15, 0.2) is 157 Å². The van der Waals surface area contributed by atoms with Gasteiger partial charge in [0.1, 0.15) is 11.2 Å². The van der Waals surface area contributed by atoms with Crippen LogP contribution in [0, 0.1) is 18.8 Å². The summed E-state index contributed by atoms with van der Waals surface area (Å²) in [6.07, 6.45) is 5.38. The lowest BCUT2D eigenvalue weighted by Gasteiger charge is -2.07. The summed E-state index contributed by atoms with van der Waals surface area (Å²) >= 11 is 1.77. The summed E-state index contributed by atoms with van der Waals surface area (Å²) in [6.45, 7) is 33.7. The summed E-state index contributed by atoms with van der Waals surface area (Å²) in [6, 6.07) is 35.4. The lowest BCUT2D eigenvalue weighted by Crippen LogP contribution is -2.21. The van der Waals surface area contributed by atoms with Gasteiger partial charge in [-0.15, -0.1) is 0 Å². The zero-order chi connectivity index (χ0) is 53.4. The van der Waals surface area contributed by atoms with Crippen LogP contribution in [0.25, 0.3) is 38.5 Å². The smallest absolute Gasteiger partial charge is 0.275 e. The minimum absolute atomic E-state index is 0. The van der Waals surface area contributed by atoms with E-state index in [4.69, 9.17) is 8.83 Å². The van der Waals surface area contributed by atoms with Crippen LogP contribution in [0.1, 0.15) is 179 Å². The monoisotopic (exact) mass is 1010 g/mol. The highest BCUT2D eigenvalue weighted by Crippen LogP contribution is 2.28. The van der Waals surface area contributed by atoms with E-state index >= 15 is 0 Å². The molecule has 8 nitrogen and oxygen atoms in total. The summed E-state index contributed by atoms with van der Waals surface area (Å²) < 4.78 is 16.2. The number of nitrogens with zero attached hydrogens (tertiary/aromatic N) is 3. The molecule has 0 aliphatic carbocycles. The van der Waals surface area contributed by atoms with Crippen LogP contribution >= 0.6 is 11.3 Å². The van der Waals surface area contributed by atoms with Crippen molar-refractivity contribution in [3.8, 4) is 5.69 Å². The minimum atomic E-state index is 0. The number of thiophene rings is 1. The Hall–Kier alpha value is -6.45. The molecule has 0 saturated heterocycles. The maximum absolute atomic E-state index is 12.4. The summed E-state index contributed by atoms with van der Waals surface area (Å²) in [5.41, 5.74) is 10.4. The molecule has 0 unspecified atom stereocenters. The molecule has 0 aliphatic heterocycles. The molecular formula is C64H85N3O5S. The zero-order valence-corrected chi connectivity index (χ0v) is 46.9. The number of carbonyl (C=O) groups excluding carboxylic acids is 1. The molecule has 9 heteroatoms. The Balaban J connectivity index is 0.000000237. The third-order valence-electron chi connectivity index (χ3n) is 12.9. The molecule has 73 heavy (non-hydrogen) atoms. The number of aromatic nitrogens is 3. The molecule has 0 N–H and O–H groups in total. The normalized spacial score (nSPS) is 10.9. The van der Waals surface area contributed by atoms with Crippen LogP contribution in [-0.4, -0.2) is 19.8 Å². The van der Waals surface area contributed by atoms with E-state index in [1.165, 1.54) is 27.5 Å². The second kappa shape index (κ2) is 28.7. The van der Waals surface area contributed by atoms with Gasteiger partial charge in [-0.25, -0.2) is 4.68 Å². The van der Waals surface area contributed by atoms with E-state index in [9.17, 15) is 14.4 Å². The van der Waals surface area contributed by atoms with Crippen molar-refractivity contribution in [3.63, 3.8) is 0 Å². The molecule has 0 bridgehead atoms. The summed E-state index contributed by atoms with van der Waals surface area (Å²) in [5.74, 6) is 3.90. The number of fused-ring (bicyclic) bond motifs is 3. The standard InChI is InChI=1S/C14H18N2O.C13H15NO.C12H12O2.C11H12O.C7H10S.C6H14.CH4/c1-10(2)13-11(3)15(4)16(14(13)17)12-8-6-5-7-9-12;1-9(2)12-8-14(10(3)15)13-7-5-4-6-11(12)13;1-8(2)10-7-14-11-6-4-3-5-9(11)12(10)13;1-8(2)10-7-12-11-6-4-3-5-9(10)11;1-6(2)7-3-4-8-5-7;1-5(2)6(3)4;/h5-10H,1-4H3;4-9H,1-3H3;3-8H,1-2H3;3-8H,1-2H3;3-6H,1-2H3;5-6H,1-4H3;1H4. The molecule has 0 saturated carbocycles. The Kier molecular flexibility index (Phi) is 23.9. The van der Waals surface area contributed by atoms with E-state index in [0.717, 1.165) is 45.4 Å². The Morgan fingerprint density at radius 1 is 0.548 bits per heavy atom. The number of benzene rings is 4. The number of para-hydroxylation sites is 4. The predicted molar refractivity (Wildman–Crippen MR) is 314 cm³/mol. The highest BCUT2D eigenvalue weighted by Gasteiger charge is 2.18. The van der Waals surface area contributed by atoms with E-state index in [1.54, 1.807) is 45.9 Å². The van der Waals surface area contributed by atoms with Gasteiger partial charge in [0, 0.05) is 53.3 Å². The van der Waals surface area contributed by atoms with Crippen molar-refractivity contribution in [2.45, 2.75) is 148 Å². The van der Waals surface area contributed by atoms with Crippen molar-refractivity contribution in [1.82, 2.24) is 13.9 Å². The third-order valence-corrected chi connectivity index (χ3v) is 13.6. The molecule has 4 aromatic carbocycles. The maximum atomic E-state index is 12.4. The highest BCUT2D eigenvalue weighted by atomic mass is 32.1. The van der Waals surface area contributed by atoms with Crippen LogP contribution in [0.4, 0.5) is 0 Å². The van der Waals surface area contributed by atoms with Crippen LogP contribution < -0.4 is 11.0 Å². The molecule has 0 aliphatic rings. The second-order valence-electron chi connectivity index (χ2n) is 20.5. The van der Waals surface area contributed by atoms with E-state index in [2.05, 4.69) is 112 Å². The van der Waals surface area contributed by atoms with Gasteiger partial charge >= 0.3 is 0 Å². The topological polar surface area (TPSA) is 92.3 Å². The van der Waals surface area contributed by atoms with Gasteiger partial charge in [0.05, 0.1) is 29.1 Å². The number of rotatable bonds is 7. The van der Waals surface area contributed by atoms with E-state index in [0.29, 0.717) is 28.7 Å². The number of carbonyl (C=O) groups is 1. The molecule has 0 spiro atoms. The van der Waals surface area contributed by atoms with Crippen LogP contribution in [0.5, 0.6) is 0 Å². The van der Waals surface area contributed by atoms with Gasteiger partial charge in [-0.3, -0.25) is 23.6 Å². The molecule has 9 aromatic rings. The SMILES string of the molecule is C.CC(=O)n1cc(C(C)C)c2ccccc21.CC(C)C(C)C.CC(C)c1ccsc1.CC(C)c1coc2ccccc12.CC(C)c1coc2ccccc2c1=O.Cc1c(C(C)C)c(=O)n(-c2ccccc2)n1C. The largest absolute Gasteiger partial charge is 0.464 e. The summed E-state index contributed by atoms with van der Waals surface area (Å²) in [4.78, 5) is 35.8. The van der Waals surface area contributed by atoms with Crippen molar-refractivity contribution in [2.75, 3.05) is 0 Å². The van der Waals surface area contributed by atoms with Gasteiger partial charge in [-0.2, -0.15) is 11.3 Å². The van der Waals surface area contributed by atoms with Gasteiger partial charge in [0.25, 0.3) is 5.56 Å². The minimum Gasteiger partial charge on any atom is -0.464 e. The number of hydrogen-bond acceptors (Lipinski definition) is 6. The molecule has 0 fully saturated rings. The van der Waals surface area contributed by atoms with E-state index < -0.39 is 0 Å². The first-order valence-corrected chi connectivity index (χ1v) is 26.5. The summed E-state index contributed by atoms with van der Waals surface area (Å²) in [5, 5.41) is 7.41. The fourth-order valence-electron chi connectivity index (χ4n) is 7.72. The molecule has 5 heterocycles. The quantitative estimate of drug-likeness (QED) is 0.159. The van der Waals surface area contributed by atoms with Gasteiger partial charge in [0.15, 0.2) is 5.43 Å². The first-order valence-electron chi connectivity index (χ1n) is 25.5. The van der Waals surface area contributed by atoms with Gasteiger partial charge < -0.3 is 8.83 Å². The Labute approximate surface area is 440 Å². The van der Waals surface area contributed by atoms with Crippen LogP contribution in [0.2, 0.25) is 0 Å². The fraction of sp³-hybridized carbons (Fsp3) is 0.391. The van der Waals surface area contributed by atoms with Gasteiger partial charge in [-0.1, -0.05) is 171 Å². The van der Waals surface area contributed by atoms with E-state index in [1.807, 2.05) is 124 Å².